The Hall–Kier alpha value is -0.580. The zero-order chi connectivity index (χ0) is 14.7. The average molecular weight is 360 g/mol. The zero-order valence-electron chi connectivity index (χ0n) is 11.6. The Labute approximate surface area is 133 Å². The third kappa shape index (κ3) is 3.18. The van der Waals surface area contributed by atoms with Crippen molar-refractivity contribution in [2.45, 2.75) is 32.2 Å². The smallest absolute Gasteiger partial charge is 0.254 e. The molecule has 1 aliphatic carbocycles. The topological polar surface area (TPSA) is 46.3 Å². The molecule has 2 rings (SSSR count). The van der Waals surface area contributed by atoms with Gasteiger partial charge in [-0.25, -0.2) is 0 Å². The summed E-state index contributed by atoms with van der Waals surface area (Å²) >= 11 is 9.43. The van der Waals surface area contributed by atoms with E-state index in [0.29, 0.717) is 29.6 Å². The molecule has 3 nitrogen and oxygen atoms in total. The molecule has 1 saturated carbocycles. The largest absolute Gasteiger partial charge is 0.336 e. The molecule has 1 aliphatic rings. The molecule has 1 fully saturated rings. The van der Waals surface area contributed by atoms with E-state index < -0.39 is 0 Å². The first-order valence-electron chi connectivity index (χ1n) is 7.04. The quantitative estimate of drug-likeness (QED) is 0.891. The summed E-state index contributed by atoms with van der Waals surface area (Å²) < 4.78 is 0.805. The van der Waals surface area contributed by atoms with E-state index in [1.165, 1.54) is 0 Å². The number of rotatable bonds is 4. The number of benzene rings is 1. The zero-order valence-corrected chi connectivity index (χ0v) is 14.0. The third-order valence-corrected chi connectivity index (χ3v) is 5.32. The van der Waals surface area contributed by atoms with Crippen LogP contribution in [0.25, 0.3) is 0 Å². The highest BCUT2D eigenvalue weighted by atomic mass is 79.9. The van der Waals surface area contributed by atoms with Gasteiger partial charge in [-0.2, -0.15) is 0 Å². The third-order valence-electron chi connectivity index (χ3n) is 4.09. The highest BCUT2D eigenvalue weighted by molar-refractivity contribution is 9.10. The van der Waals surface area contributed by atoms with E-state index in [9.17, 15) is 4.79 Å². The van der Waals surface area contributed by atoms with Gasteiger partial charge in [0.1, 0.15) is 0 Å². The van der Waals surface area contributed by atoms with E-state index in [1.54, 1.807) is 6.07 Å². The van der Waals surface area contributed by atoms with Gasteiger partial charge in [0.25, 0.3) is 5.91 Å². The van der Waals surface area contributed by atoms with Crippen LogP contribution in [-0.4, -0.2) is 29.9 Å². The van der Waals surface area contributed by atoms with Crippen LogP contribution in [-0.2, 0) is 0 Å². The molecule has 20 heavy (non-hydrogen) atoms. The van der Waals surface area contributed by atoms with Gasteiger partial charge in [0.15, 0.2) is 0 Å². The number of nitrogens with zero attached hydrogens (tertiary/aromatic N) is 1. The highest BCUT2D eigenvalue weighted by Gasteiger charge is 2.33. The van der Waals surface area contributed by atoms with Crippen molar-refractivity contribution >= 4 is 33.4 Å². The molecule has 0 spiro atoms. The Kier molecular flexibility index (Phi) is 5.47. The lowest BCUT2D eigenvalue weighted by Crippen LogP contribution is -2.44. The van der Waals surface area contributed by atoms with Gasteiger partial charge in [0.2, 0.25) is 0 Å². The molecule has 2 unspecified atom stereocenters. The molecule has 2 N–H and O–H groups in total. The molecule has 2 atom stereocenters. The summed E-state index contributed by atoms with van der Waals surface area (Å²) in [6, 6.07) is 5.62. The summed E-state index contributed by atoms with van der Waals surface area (Å²) in [5.74, 6) is 0.470. The van der Waals surface area contributed by atoms with Crippen molar-refractivity contribution in [3.05, 3.63) is 33.3 Å². The normalized spacial score (nSPS) is 22.0. The van der Waals surface area contributed by atoms with Crippen LogP contribution in [0.15, 0.2) is 22.7 Å². The molecule has 110 valence electrons. The Morgan fingerprint density at radius 1 is 1.50 bits per heavy atom. The summed E-state index contributed by atoms with van der Waals surface area (Å²) in [5, 5.41) is 0.564. The van der Waals surface area contributed by atoms with Gasteiger partial charge in [0.05, 0.1) is 5.02 Å². The van der Waals surface area contributed by atoms with Crippen LogP contribution < -0.4 is 5.73 Å². The molecule has 0 aliphatic heterocycles. The predicted octanol–water partition coefficient (Wildman–Crippen LogP) is 3.69. The maximum absolute atomic E-state index is 12.7. The van der Waals surface area contributed by atoms with Gasteiger partial charge >= 0.3 is 0 Å². The first kappa shape index (κ1) is 15.8. The predicted molar refractivity (Wildman–Crippen MR) is 86.0 cm³/mol. The van der Waals surface area contributed by atoms with Crippen molar-refractivity contribution in [2.24, 2.45) is 11.7 Å². The number of nitrogens with two attached hydrogens (primary N) is 1. The van der Waals surface area contributed by atoms with E-state index in [1.807, 2.05) is 24.0 Å². The number of halogens is 2. The Bertz CT molecular complexity index is 495. The Balaban J connectivity index is 2.22. The van der Waals surface area contributed by atoms with Gasteiger partial charge in [-0.1, -0.05) is 18.0 Å². The van der Waals surface area contributed by atoms with Crippen LogP contribution in [0.4, 0.5) is 0 Å². The fourth-order valence-electron chi connectivity index (χ4n) is 3.03. The lowest BCUT2D eigenvalue weighted by atomic mass is 10.0. The van der Waals surface area contributed by atoms with Gasteiger partial charge in [-0.3, -0.25) is 4.79 Å². The van der Waals surface area contributed by atoms with Crippen LogP contribution in [0, 0.1) is 5.92 Å². The van der Waals surface area contributed by atoms with Gasteiger partial charge < -0.3 is 10.6 Å². The standard InChI is InChI=1S/C15H20BrClN2O/c1-2-19(14-5-3-4-11(14)9-18)15(20)10-6-7-12(16)13(17)8-10/h6-8,11,14H,2-5,9,18H2,1H3. The van der Waals surface area contributed by atoms with E-state index in [0.717, 1.165) is 23.7 Å². The second-order valence-corrected chi connectivity index (χ2v) is 6.48. The minimum Gasteiger partial charge on any atom is -0.336 e. The molecule has 0 aromatic heterocycles. The van der Waals surface area contributed by atoms with Crippen molar-refractivity contribution < 1.29 is 4.79 Å². The van der Waals surface area contributed by atoms with E-state index >= 15 is 0 Å². The summed E-state index contributed by atoms with van der Waals surface area (Å²) in [6.07, 6.45) is 3.31. The number of amides is 1. The molecule has 1 aromatic rings. The van der Waals surface area contributed by atoms with Crippen molar-refractivity contribution in [3.63, 3.8) is 0 Å². The number of carbonyl (C=O) groups is 1. The molecule has 0 saturated heterocycles. The fraction of sp³-hybridized carbons (Fsp3) is 0.533. The molecule has 0 bridgehead atoms. The van der Waals surface area contributed by atoms with Crippen LogP contribution in [0.5, 0.6) is 0 Å². The number of hydrogen-bond acceptors (Lipinski definition) is 2. The second kappa shape index (κ2) is 6.92. The molecular weight excluding hydrogens is 340 g/mol. The number of carbonyl (C=O) groups excluding carboxylic acids is 1. The first-order valence-corrected chi connectivity index (χ1v) is 8.21. The SMILES string of the molecule is CCN(C(=O)c1ccc(Br)c(Cl)c1)C1CCCC1CN. The van der Waals surface area contributed by atoms with E-state index in [-0.39, 0.29) is 11.9 Å². The first-order chi connectivity index (χ1) is 9.58. The van der Waals surface area contributed by atoms with Gasteiger partial charge in [0, 0.05) is 22.6 Å². The molecular formula is C15H20BrClN2O. The van der Waals surface area contributed by atoms with Crippen LogP contribution in [0.1, 0.15) is 36.5 Å². The lowest BCUT2D eigenvalue weighted by molar-refractivity contribution is 0.0652. The Morgan fingerprint density at radius 2 is 2.25 bits per heavy atom. The van der Waals surface area contributed by atoms with Crippen molar-refractivity contribution in [1.82, 2.24) is 4.90 Å². The van der Waals surface area contributed by atoms with Crippen LogP contribution in [0.3, 0.4) is 0 Å². The summed E-state index contributed by atoms with van der Waals surface area (Å²) in [7, 11) is 0. The summed E-state index contributed by atoms with van der Waals surface area (Å²) in [5.41, 5.74) is 6.48. The van der Waals surface area contributed by atoms with E-state index in [2.05, 4.69) is 15.9 Å². The minimum absolute atomic E-state index is 0.0484. The van der Waals surface area contributed by atoms with Crippen molar-refractivity contribution in [2.75, 3.05) is 13.1 Å². The van der Waals surface area contributed by atoms with Crippen LogP contribution in [0.2, 0.25) is 5.02 Å². The lowest BCUT2D eigenvalue weighted by Gasteiger charge is -2.32. The maximum Gasteiger partial charge on any atom is 0.254 e. The van der Waals surface area contributed by atoms with Crippen LogP contribution >= 0.6 is 27.5 Å². The second-order valence-electron chi connectivity index (χ2n) is 5.21. The Morgan fingerprint density at radius 3 is 2.85 bits per heavy atom. The summed E-state index contributed by atoms with van der Waals surface area (Å²) in [4.78, 5) is 14.6. The number of hydrogen-bond donors (Lipinski definition) is 1. The monoisotopic (exact) mass is 358 g/mol. The summed E-state index contributed by atoms with van der Waals surface area (Å²) in [6.45, 7) is 3.37. The van der Waals surface area contributed by atoms with Crippen molar-refractivity contribution in [3.8, 4) is 0 Å². The molecule has 5 heteroatoms. The molecule has 1 amide bonds. The molecule has 0 radical (unpaired) electrons. The molecule has 0 heterocycles. The van der Waals surface area contributed by atoms with Gasteiger partial charge in [-0.05, 0) is 66.4 Å². The fourth-order valence-corrected chi connectivity index (χ4v) is 3.45. The van der Waals surface area contributed by atoms with E-state index in [4.69, 9.17) is 17.3 Å². The van der Waals surface area contributed by atoms with Crippen molar-refractivity contribution in [1.29, 1.82) is 0 Å². The van der Waals surface area contributed by atoms with Gasteiger partial charge in [-0.15, -0.1) is 0 Å². The average Bonchev–Trinajstić information content (AvgIpc) is 2.91. The minimum atomic E-state index is 0.0484. The molecule has 1 aromatic carbocycles. The maximum atomic E-state index is 12.7. The highest BCUT2D eigenvalue weighted by Crippen LogP contribution is 2.31.